The molecular weight excluding hydrogens is 282 g/mol. The van der Waals surface area contributed by atoms with Gasteiger partial charge in [0, 0.05) is 17.0 Å². The van der Waals surface area contributed by atoms with E-state index in [4.69, 9.17) is 5.73 Å². The Hall–Kier alpha value is -0.850. The van der Waals surface area contributed by atoms with E-state index in [1.165, 1.54) is 24.3 Å². The molecule has 0 bridgehead atoms. The Morgan fingerprint density at radius 2 is 1.94 bits per heavy atom. The normalized spacial score (nSPS) is 10.0. The fraction of sp³-hybridized carbons (Fsp3) is 0.364. The largest absolute Gasteiger partial charge is 0.352 e. The first-order chi connectivity index (χ1) is 8.13. The molecule has 0 aliphatic carbocycles. The van der Waals surface area contributed by atoms with Gasteiger partial charge >= 0.3 is 0 Å². The number of thioether (sulfide) groups is 1. The van der Waals surface area contributed by atoms with Gasteiger partial charge in [0.15, 0.2) is 0 Å². The molecule has 18 heavy (non-hydrogen) atoms. The fourth-order valence-corrected chi connectivity index (χ4v) is 1.69. The highest BCUT2D eigenvalue weighted by atomic mass is 35.5. The van der Waals surface area contributed by atoms with E-state index in [0.717, 1.165) is 0 Å². The van der Waals surface area contributed by atoms with Crippen molar-refractivity contribution >= 4 is 30.1 Å². The number of nitrogens with two attached hydrogens (primary N) is 1. The summed E-state index contributed by atoms with van der Waals surface area (Å²) in [4.78, 5) is 12.0. The number of benzene rings is 1. The number of alkyl halides is 2. The first-order valence-corrected chi connectivity index (χ1v) is 6.04. The molecule has 0 unspecified atom stereocenters. The molecular formula is C11H15ClF2N2OS. The maximum Gasteiger partial charge on any atom is 0.288 e. The summed E-state index contributed by atoms with van der Waals surface area (Å²) in [5, 5.41) is 2.69. The molecule has 0 aliphatic heterocycles. The van der Waals surface area contributed by atoms with Gasteiger partial charge in [0.1, 0.15) is 0 Å². The van der Waals surface area contributed by atoms with Crippen LogP contribution in [0.25, 0.3) is 0 Å². The first-order valence-electron chi connectivity index (χ1n) is 5.16. The van der Waals surface area contributed by atoms with Crippen LogP contribution in [0.4, 0.5) is 8.78 Å². The molecule has 102 valence electrons. The molecule has 0 saturated heterocycles. The van der Waals surface area contributed by atoms with E-state index < -0.39 is 5.76 Å². The average Bonchev–Trinajstić information content (AvgIpc) is 2.29. The van der Waals surface area contributed by atoms with Crippen molar-refractivity contribution < 1.29 is 13.6 Å². The molecule has 1 aromatic rings. The van der Waals surface area contributed by atoms with Gasteiger partial charge in [0.25, 0.3) is 11.7 Å². The molecule has 3 N–H and O–H groups in total. The Kier molecular flexibility index (Phi) is 8.70. The summed E-state index contributed by atoms with van der Waals surface area (Å²) < 4.78 is 24.1. The van der Waals surface area contributed by atoms with Gasteiger partial charge in [-0.3, -0.25) is 4.79 Å². The smallest absolute Gasteiger partial charge is 0.288 e. The summed E-state index contributed by atoms with van der Waals surface area (Å²) in [6, 6.07) is 6.08. The molecule has 1 amide bonds. The number of carbonyl (C=O) groups excluding carboxylic acids is 1. The predicted molar refractivity (Wildman–Crippen MR) is 71.6 cm³/mol. The molecule has 1 aromatic carbocycles. The fourth-order valence-electron chi connectivity index (χ4n) is 1.19. The summed E-state index contributed by atoms with van der Waals surface area (Å²) in [6.07, 6.45) is 0.713. The third kappa shape index (κ3) is 6.18. The van der Waals surface area contributed by atoms with Crippen LogP contribution in [0.5, 0.6) is 0 Å². The lowest BCUT2D eigenvalue weighted by molar-refractivity contribution is 0.0953. The summed E-state index contributed by atoms with van der Waals surface area (Å²) in [7, 11) is 0. The number of hydrogen-bond donors (Lipinski definition) is 2. The van der Waals surface area contributed by atoms with E-state index in [-0.39, 0.29) is 18.3 Å². The minimum atomic E-state index is -2.45. The molecule has 0 fully saturated rings. The monoisotopic (exact) mass is 296 g/mol. The van der Waals surface area contributed by atoms with E-state index in [0.29, 0.717) is 41.7 Å². The van der Waals surface area contributed by atoms with Crippen molar-refractivity contribution in [2.45, 2.75) is 17.1 Å². The van der Waals surface area contributed by atoms with Gasteiger partial charge in [0.05, 0.1) is 0 Å². The van der Waals surface area contributed by atoms with Crippen molar-refractivity contribution in [3.63, 3.8) is 0 Å². The number of halogens is 3. The van der Waals surface area contributed by atoms with Crippen LogP contribution in [0.3, 0.4) is 0 Å². The Morgan fingerprint density at radius 3 is 2.44 bits per heavy atom. The summed E-state index contributed by atoms with van der Waals surface area (Å²) in [6.45, 7) is 1.03. The maximum atomic E-state index is 12.1. The molecule has 0 spiro atoms. The Balaban J connectivity index is 0.00000289. The van der Waals surface area contributed by atoms with Crippen LogP contribution in [0, 0.1) is 0 Å². The quantitative estimate of drug-likeness (QED) is 0.626. The Labute approximate surface area is 115 Å². The highest BCUT2D eigenvalue weighted by Gasteiger charge is 2.07. The predicted octanol–water partition coefficient (Wildman–Crippen LogP) is 2.50. The molecule has 0 heterocycles. The van der Waals surface area contributed by atoms with Crippen molar-refractivity contribution in [1.29, 1.82) is 0 Å². The molecule has 0 aliphatic rings. The van der Waals surface area contributed by atoms with Crippen LogP contribution < -0.4 is 11.1 Å². The Bertz CT molecular complexity index is 363. The van der Waals surface area contributed by atoms with Crippen molar-refractivity contribution in [3.8, 4) is 0 Å². The van der Waals surface area contributed by atoms with Gasteiger partial charge < -0.3 is 11.1 Å². The maximum absolute atomic E-state index is 12.1. The second-order valence-electron chi connectivity index (χ2n) is 3.30. The van der Waals surface area contributed by atoms with Crippen LogP contribution in [-0.4, -0.2) is 24.8 Å². The van der Waals surface area contributed by atoms with Crippen molar-refractivity contribution in [2.75, 3.05) is 13.1 Å². The van der Waals surface area contributed by atoms with E-state index in [9.17, 15) is 13.6 Å². The molecule has 0 saturated carbocycles. The summed E-state index contributed by atoms with van der Waals surface area (Å²) in [5.41, 5.74) is 5.75. The standard InChI is InChI=1S/C11H14F2N2OS.ClH/c12-11(13)17-9-4-2-8(3-5-9)10(16)15-7-1-6-14;/h2-5,11H,1,6-7,14H2,(H,15,16);1H. The Morgan fingerprint density at radius 1 is 1.33 bits per heavy atom. The lowest BCUT2D eigenvalue weighted by Crippen LogP contribution is -2.25. The zero-order valence-electron chi connectivity index (χ0n) is 9.57. The highest BCUT2D eigenvalue weighted by molar-refractivity contribution is 7.99. The van der Waals surface area contributed by atoms with Gasteiger partial charge in [0.2, 0.25) is 0 Å². The van der Waals surface area contributed by atoms with Crippen LogP contribution in [0.2, 0.25) is 0 Å². The topological polar surface area (TPSA) is 55.1 Å². The van der Waals surface area contributed by atoms with Crippen LogP contribution in [-0.2, 0) is 0 Å². The molecule has 0 aromatic heterocycles. The minimum Gasteiger partial charge on any atom is -0.352 e. The second kappa shape index (κ2) is 9.13. The van der Waals surface area contributed by atoms with Crippen LogP contribution >= 0.6 is 24.2 Å². The molecule has 0 radical (unpaired) electrons. The summed E-state index contributed by atoms with van der Waals surface area (Å²) >= 11 is 0.459. The number of rotatable bonds is 6. The van der Waals surface area contributed by atoms with E-state index in [2.05, 4.69) is 5.32 Å². The van der Waals surface area contributed by atoms with Gasteiger partial charge in [-0.1, -0.05) is 11.8 Å². The number of amides is 1. The zero-order chi connectivity index (χ0) is 12.7. The van der Waals surface area contributed by atoms with E-state index in [1.54, 1.807) is 0 Å². The van der Waals surface area contributed by atoms with Crippen molar-refractivity contribution in [1.82, 2.24) is 5.32 Å². The molecule has 7 heteroatoms. The first kappa shape index (κ1) is 17.2. The number of carbonyl (C=O) groups is 1. The van der Waals surface area contributed by atoms with Crippen LogP contribution in [0.1, 0.15) is 16.8 Å². The molecule has 3 nitrogen and oxygen atoms in total. The number of hydrogen-bond acceptors (Lipinski definition) is 3. The zero-order valence-corrected chi connectivity index (χ0v) is 11.2. The molecule has 0 atom stereocenters. The second-order valence-corrected chi connectivity index (χ2v) is 4.36. The number of nitrogens with one attached hydrogen (secondary N) is 1. The van der Waals surface area contributed by atoms with E-state index >= 15 is 0 Å². The minimum absolute atomic E-state index is 0. The van der Waals surface area contributed by atoms with Crippen molar-refractivity contribution in [3.05, 3.63) is 29.8 Å². The van der Waals surface area contributed by atoms with Gasteiger partial charge in [-0.25, -0.2) is 0 Å². The molecule has 1 rings (SSSR count). The summed E-state index contributed by atoms with van der Waals surface area (Å²) in [5.74, 6) is -2.66. The van der Waals surface area contributed by atoms with Gasteiger partial charge in [-0.05, 0) is 37.2 Å². The van der Waals surface area contributed by atoms with Crippen molar-refractivity contribution in [2.24, 2.45) is 5.73 Å². The highest BCUT2D eigenvalue weighted by Crippen LogP contribution is 2.24. The third-order valence-electron chi connectivity index (χ3n) is 2.01. The SMILES string of the molecule is Cl.NCCCNC(=O)c1ccc(SC(F)F)cc1. The third-order valence-corrected chi connectivity index (χ3v) is 2.73. The lowest BCUT2D eigenvalue weighted by atomic mass is 10.2. The van der Waals surface area contributed by atoms with Gasteiger partial charge in [-0.15, -0.1) is 12.4 Å². The average molecular weight is 297 g/mol. The van der Waals surface area contributed by atoms with Crippen LogP contribution in [0.15, 0.2) is 29.2 Å². The van der Waals surface area contributed by atoms with E-state index in [1.807, 2.05) is 0 Å². The lowest BCUT2D eigenvalue weighted by Gasteiger charge is -2.05. The van der Waals surface area contributed by atoms with Gasteiger partial charge in [-0.2, -0.15) is 8.78 Å².